The van der Waals surface area contributed by atoms with Crippen LogP contribution >= 0.6 is 0 Å². The van der Waals surface area contributed by atoms with Crippen LogP contribution in [0.2, 0.25) is 0 Å². The number of carbonyl (C=O) groups is 2. The van der Waals surface area contributed by atoms with Crippen LogP contribution in [0.15, 0.2) is 18.2 Å². The number of aliphatic carboxylic acids is 1. The number of amides is 1. The lowest BCUT2D eigenvalue weighted by Gasteiger charge is -2.24. The van der Waals surface area contributed by atoms with Crippen molar-refractivity contribution in [3.63, 3.8) is 0 Å². The standard InChI is InChI=1S/C15H19FN2O3/c1-2-5-15(14(20)21)6-7-18(9-15)13(19)11-4-3-10(17)8-12(11)16/h3-4,8H,2,5-7,9,17H2,1H3,(H,20,21). The molecule has 0 spiro atoms. The Bertz CT molecular complexity index is 576. The molecule has 0 bridgehead atoms. The van der Waals surface area contributed by atoms with Gasteiger partial charge < -0.3 is 15.7 Å². The van der Waals surface area contributed by atoms with Crippen LogP contribution in [0.4, 0.5) is 10.1 Å². The number of likely N-dealkylation sites (tertiary alicyclic amines) is 1. The monoisotopic (exact) mass is 294 g/mol. The Morgan fingerprint density at radius 1 is 1.48 bits per heavy atom. The maximum absolute atomic E-state index is 13.8. The van der Waals surface area contributed by atoms with Crippen molar-refractivity contribution in [2.24, 2.45) is 5.41 Å². The van der Waals surface area contributed by atoms with Crippen LogP contribution in [0.1, 0.15) is 36.5 Å². The van der Waals surface area contributed by atoms with Gasteiger partial charge in [0.15, 0.2) is 0 Å². The Morgan fingerprint density at radius 3 is 2.76 bits per heavy atom. The molecule has 21 heavy (non-hydrogen) atoms. The summed E-state index contributed by atoms with van der Waals surface area (Å²) in [5, 5.41) is 9.43. The van der Waals surface area contributed by atoms with E-state index in [2.05, 4.69) is 0 Å². The van der Waals surface area contributed by atoms with Gasteiger partial charge in [-0.2, -0.15) is 0 Å². The van der Waals surface area contributed by atoms with Crippen molar-refractivity contribution in [1.82, 2.24) is 4.90 Å². The maximum atomic E-state index is 13.8. The normalized spacial score (nSPS) is 21.5. The molecule has 5 nitrogen and oxygen atoms in total. The van der Waals surface area contributed by atoms with Gasteiger partial charge in [-0.15, -0.1) is 0 Å². The predicted molar refractivity (Wildman–Crippen MR) is 76.3 cm³/mol. The first-order chi connectivity index (χ1) is 9.89. The van der Waals surface area contributed by atoms with E-state index in [1.165, 1.54) is 17.0 Å². The zero-order valence-corrected chi connectivity index (χ0v) is 11.9. The highest BCUT2D eigenvalue weighted by molar-refractivity contribution is 5.95. The molecule has 1 aromatic carbocycles. The number of carboxylic acids is 1. The molecule has 1 aromatic rings. The van der Waals surface area contributed by atoms with E-state index in [1.54, 1.807) is 0 Å². The van der Waals surface area contributed by atoms with Crippen molar-refractivity contribution >= 4 is 17.6 Å². The van der Waals surface area contributed by atoms with E-state index in [-0.39, 0.29) is 17.8 Å². The highest BCUT2D eigenvalue weighted by Gasteiger charge is 2.45. The molecule has 1 fully saturated rings. The lowest BCUT2D eigenvalue weighted by atomic mass is 9.83. The summed E-state index contributed by atoms with van der Waals surface area (Å²) in [6, 6.07) is 3.90. The Labute approximate surface area is 122 Å². The first kappa shape index (κ1) is 15.3. The van der Waals surface area contributed by atoms with Crippen molar-refractivity contribution in [3.05, 3.63) is 29.6 Å². The Morgan fingerprint density at radius 2 is 2.19 bits per heavy atom. The average molecular weight is 294 g/mol. The number of nitrogens with zero attached hydrogens (tertiary/aromatic N) is 1. The average Bonchev–Trinajstić information content (AvgIpc) is 2.84. The van der Waals surface area contributed by atoms with Gasteiger partial charge in [0.2, 0.25) is 0 Å². The molecule has 0 saturated carbocycles. The van der Waals surface area contributed by atoms with Gasteiger partial charge in [0, 0.05) is 18.8 Å². The molecular formula is C15H19FN2O3. The molecule has 2 rings (SSSR count). The molecular weight excluding hydrogens is 275 g/mol. The molecule has 3 N–H and O–H groups in total. The van der Waals surface area contributed by atoms with Crippen molar-refractivity contribution in [2.75, 3.05) is 18.8 Å². The number of anilines is 1. The summed E-state index contributed by atoms with van der Waals surface area (Å²) in [6.45, 7) is 2.36. The highest BCUT2D eigenvalue weighted by Crippen LogP contribution is 2.36. The summed E-state index contributed by atoms with van der Waals surface area (Å²) in [5.41, 5.74) is 4.73. The van der Waals surface area contributed by atoms with E-state index in [0.29, 0.717) is 19.4 Å². The van der Waals surface area contributed by atoms with Crippen LogP contribution < -0.4 is 5.73 Å². The van der Waals surface area contributed by atoms with Gasteiger partial charge in [-0.05, 0) is 31.0 Å². The summed E-state index contributed by atoms with van der Waals surface area (Å²) in [5.74, 6) is -2.05. The summed E-state index contributed by atoms with van der Waals surface area (Å²) < 4.78 is 13.8. The van der Waals surface area contributed by atoms with E-state index in [9.17, 15) is 19.1 Å². The second kappa shape index (κ2) is 5.71. The zero-order valence-electron chi connectivity index (χ0n) is 11.9. The number of nitrogens with two attached hydrogens (primary N) is 1. The summed E-state index contributed by atoms with van der Waals surface area (Å²) in [4.78, 5) is 25.3. The minimum atomic E-state index is -0.908. The van der Waals surface area contributed by atoms with E-state index in [4.69, 9.17) is 5.73 Å². The number of rotatable bonds is 4. The van der Waals surface area contributed by atoms with Crippen molar-refractivity contribution in [3.8, 4) is 0 Å². The second-order valence-corrected chi connectivity index (χ2v) is 5.55. The Hall–Kier alpha value is -2.11. The van der Waals surface area contributed by atoms with Crippen LogP contribution in [0.3, 0.4) is 0 Å². The number of hydrogen-bond acceptors (Lipinski definition) is 3. The molecule has 114 valence electrons. The lowest BCUT2D eigenvalue weighted by Crippen LogP contribution is -2.37. The summed E-state index contributed by atoms with van der Waals surface area (Å²) in [6.07, 6.45) is 1.64. The number of halogens is 1. The minimum Gasteiger partial charge on any atom is -0.481 e. The molecule has 6 heteroatoms. The fraction of sp³-hybridized carbons (Fsp3) is 0.467. The van der Waals surface area contributed by atoms with E-state index in [1.807, 2.05) is 6.92 Å². The molecule has 1 saturated heterocycles. The molecule has 0 aliphatic carbocycles. The van der Waals surface area contributed by atoms with Gasteiger partial charge in [-0.1, -0.05) is 13.3 Å². The number of benzene rings is 1. The van der Waals surface area contributed by atoms with Gasteiger partial charge in [-0.3, -0.25) is 9.59 Å². The third-order valence-corrected chi connectivity index (χ3v) is 4.05. The third kappa shape index (κ3) is 2.84. The molecule has 1 amide bonds. The largest absolute Gasteiger partial charge is 0.481 e. The van der Waals surface area contributed by atoms with Crippen molar-refractivity contribution < 1.29 is 19.1 Å². The fourth-order valence-corrected chi connectivity index (χ4v) is 2.89. The lowest BCUT2D eigenvalue weighted by molar-refractivity contribution is -0.148. The van der Waals surface area contributed by atoms with Crippen LogP contribution in [0.25, 0.3) is 0 Å². The third-order valence-electron chi connectivity index (χ3n) is 4.05. The number of hydrogen-bond donors (Lipinski definition) is 2. The summed E-state index contributed by atoms with van der Waals surface area (Å²) in [7, 11) is 0. The van der Waals surface area contributed by atoms with Crippen LogP contribution in [0, 0.1) is 11.2 Å². The number of carboxylic acid groups (broad SMARTS) is 1. The molecule has 1 aliphatic rings. The van der Waals surface area contributed by atoms with Gasteiger partial charge in [0.05, 0.1) is 11.0 Å². The van der Waals surface area contributed by atoms with Crippen LogP contribution in [0.5, 0.6) is 0 Å². The molecule has 0 aromatic heterocycles. The first-order valence-corrected chi connectivity index (χ1v) is 6.97. The molecule has 1 heterocycles. The van der Waals surface area contributed by atoms with E-state index < -0.39 is 23.1 Å². The molecule has 1 unspecified atom stereocenters. The van der Waals surface area contributed by atoms with Gasteiger partial charge in [0.25, 0.3) is 5.91 Å². The SMILES string of the molecule is CCCC1(C(=O)O)CCN(C(=O)c2ccc(N)cc2F)C1. The van der Waals surface area contributed by atoms with Gasteiger partial charge in [-0.25, -0.2) is 4.39 Å². The summed E-state index contributed by atoms with van der Waals surface area (Å²) >= 11 is 0. The Balaban J connectivity index is 2.20. The zero-order chi connectivity index (χ0) is 15.6. The second-order valence-electron chi connectivity index (χ2n) is 5.55. The van der Waals surface area contributed by atoms with E-state index in [0.717, 1.165) is 12.5 Å². The Kier molecular flexibility index (Phi) is 4.16. The quantitative estimate of drug-likeness (QED) is 0.833. The molecule has 0 radical (unpaired) electrons. The van der Waals surface area contributed by atoms with Crippen LogP contribution in [-0.2, 0) is 4.79 Å². The van der Waals surface area contributed by atoms with Crippen molar-refractivity contribution in [2.45, 2.75) is 26.2 Å². The molecule has 1 aliphatic heterocycles. The van der Waals surface area contributed by atoms with E-state index >= 15 is 0 Å². The predicted octanol–water partition coefficient (Wildman–Crippen LogP) is 2.12. The number of nitrogen functional groups attached to an aromatic ring is 1. The minimum absolute atomic E-state index is 0.0677. The van der Waals surface area contributed by atoms with Crippen molar-refractivity contribution in [1.29, 1.82) is 0 Å². The first-order valence-electron chi connectivity index (χ1n) is 6.97. The van der Waals surface area contributed by atoms with Gasteiger partial charge in [0.1, 0.15) is 5.82 Å². The maximum Gasteiger partial charge on any atom is 0.311 e. The number of carbonyl (C=O) groups excluding carboxylic acids is 1. The fourth-order valence-electron chi connectivity index (χ4n) is 2.89. The highest BCUT2D eigenvalue weighted by atomic mass is 19.1. The topological polar surface area (TPSA) is 83.6 Å². The van der Waals surface area contributed by atoms with Gasteiger partial charge >= 0.3 is 5.97 Å². The smallest absolute Gasteiger partial charge is 0.311 e. The van der Waals surface area contributed by atoms with Crippen LogP contribution in [-0.4, -0.2) is 35.0 Å². The molecule has 1 atom stereocenters.